The Kier molecular flexibility index (Phi) is 8.59. The van der Waals surface area contributed by atoms with Crippen LogP contribution in [0.2, 0.25) is 0 Å². The maximum absolute atomic E-state index is 15.2. The van der Waals surface area contributed by atoms with Gasteiger partial charge in [0.1, 0.15) is 23.5 Å². The van der Waals surface area contributed by atoms with Gasteiger partial charge >= 0.3 is 0 Å². The van der Waals surface area contributed by atoms with Crippen molar-refractivity contribution in [2.24, 2.45) is 11.8 Å². The molecule has 0 radical (unpaired) electrons. The molecule has 228 valence electrons. The van der Waals surface area contributed by atoms with Gasteiger partial charge in [0.2, 0.25) is 5.88 Å². The van der Waals surface area contributed by atoms with Crippen molar-refractivity contribution in [1.29, 1.82) is 0 Å². The van der Waals surface area contributed by atoms with Gasteiger partial charge in [-0.3, -0.25) is 9.69 Å². The van der Waals surface area contributed by atoms with Crippen LogP contribution in [0, 0.1) is 17.7 Å². The fourth-order valence-electron chi connectivity index (χ4n) is 7.43. The van der Waals surface area contributed by atoms with Gasteiger partial charge in [-0.25, -0.2) is 9.37 Å². The van der Waals surface area contributed by atoms with Crippen LogP contribution in [0.25, 0.3) is 11.1 Å². The molecule has 5 nitrogen and oxygen atoms in total. The van der Waals surface area contributed by atoms with Gasteiger partial charge in [-0.15, -0.1) is 0 Å². The lowest BCUT2D eigenvalue weighted by atomic mass is 9.80. The number of piperidine rings is 1. The molecule has 3 aromatic rings. The van der Waals surface area contributed by atoms with Gasteiger partial charge in [0.25, 0.3) is 0 Å². The molecule has 0 amide bonds. The third-order valence-electron chi connectivity index (χ3n) is 10.3. The number of ketones is 1. The number of methoxy groups -OCH3 is 1. The number of pyridine rings is 1. The highest BCUT2D eigenvalue weighted by Gasteiger charge is 2.38. The third-order valence-corrected chi connectivity index (χ3v) is 10.3. The fraction of sp³-hybridized carbons (Fsp3) is 0.514. The minimum Gasteiger partial charge on any atom is -0.485 e. The molecule has 2 aliphatic heterocycles. The Morgan fingerprint density at radius 1 is 1.05 bits per heavy atom. The number of hydrogen-bond acceptors (Lipinski definition) is 5. The van der Waals surface area contributed by atoms with Crippen LogP contribution in [0.3, 0.4) is 0 Å². The van der Waals surface area contributed by atoms with E-state index < -0.39 is 0 Å². The number of benzene rings is 2. The Bertz CT molecular complexity index is 1470. The average molecular weight is 585 g/mol. The summed E-state index contributed by atoms with van der Waals surface area (Å²) >= 11 is 0. The number of fused-ring (bicyclic) bond motifs is 1. The summed E-state index contributed by atoms with van der Waals surface area (Å²) in [6, 6.07) is 15.6. The van der Waals surface area contributed by atoms with Crippen molar-refractivity contribution in [3.8, 4) is 22.8 Å². The zero-order chi connectivity index (χ0) is 30.2. The van der Waals surface area contributed by atoms with Gasteiger partial charge < -0.3 is 9.47 Å². The second kappa shape index (κ2) is 12.4. The molecular weight excluding hydrogens is 539 g/mol. The Morgan fingerprint density at radius 3 is 2.51 bits per heavy atom. The van der Waals surface area contributed by atoms with E-state index in [0.717, 1.165) is 41.8 Å². The predicted molar refractivity (Wildman–Crippen MR) is 168 cm³/mol. The van der Waals surface area contributed by atoms with Gasteiger partial charge in [0.05, 0.1) is 13.3 Å². The average Bonchev–Trinajstić information content (AvgIpc) is 3.84. The van der Waals surface area contributed by atoms with Gasteiger partial charge in [0.15, 0.2) is 0 Å². The molecule has 3 heterocycles. The maximum Gasteiger partial charge on any atom is 0.213 e. The predicted octanol–water partition coefficient (Wildman–Crippen LogP) is 8.44. The molecule has 6 rings (SSSR count). The number of Topliss-reactive ketones (excluding diaryl/α,β-unsaturated/α-hetero) is 1. The van der Waals surface area contributed by atoms with E-state index in [1.807, 2.05) is 0 Å². The first-order valence-corrected chi connectivity index (χ1v) is 16.1. The maximum atomic E-state index is 15.2. The van der Waals surface area contributed by atoms with E-state index in [0.29, 0.717) is 29.4 Å². The lowest BCUT2D eigenvalue weighted by molar-refractivity contribution is -0.121. The number of hydrogen-bond donors (Lipinski definition) is 0. The summed E-state index contributed by atoms with van der Waals surface area (Å²) in [5.74, 6) is 2.07. The van der Waals surface area contributed by atoms with Crippen LogP contribution in [0.1, 0.15) is 100 Å². The molecule has 0 bridgehead atoms. The van der Waals surface area contributed by atoms with Gasteiger partial charge in [-0.05, 0) is 105 Å². The summed E-state index contributed by atoms with van der Waals surface area (Å²) in [7, 11) is 1.56. The first-order chi connectivity index (χ1) is 20.7. The summed E-state index contributed by atoms with van der Waals surface area (Å²) in [6.45, 7) is 9.13. The fourth-order valence-corrected chi connectivity index (χ4v) is 7.43. The Labute approximate surface area is 255 Å². The Hall–Kier alpha value is -3.25. The van der Waals surface area contributed by atoms with E-state index >= 15 is 4.39 Å². The summed E-state index contributed by atoms with van der Waals surface area (Å²) in [5, 5.41) is 0. The lowest BCUT2D eigenvalue weighted by Gasteiger charge is -2.39. The van der Waals surface area contributed by atoms with Crippen LogP contribution in [0.15, 0.2) is 48.7 Å². The molecule has 0 N–H and O–H groups in total. The van der Waals surface area contributed by atoms with E-state index in [1.165, 1.54) is 49.4 Å². The zero-order valence-electron chi connectivity index (χ0n) is 26.2. The van der Waals surface area contributed by atoms with Crippen molar-refractivity contribution in [3.63, 3.8) is 0 Å². The van der Waals surface area contributed by atoms with Crippen molar-refractivity contribution >= 4 is 5.78 Å². The van der Waals surface area contributed by atoms with E-state index in [4.69, 9.17) is 9.47 Å². The Morgan fingerprint density at radius 2 is 1.81 bits per heavy atom. The smallest absolute Gasteiger partial charge is 0.213 e. The minimum atomic E-state index is -0.352. The molecule has 1 aliphatic carbocycles. The number of rotatable bonds is 9. The molecule has 1 aromatic heterocycles. The topological polar surface area (TPSA) is 51.7 Å². The SMILES string of the molecule is COc1cc(-c2ccc(C3CCc4ccc([C@H](C5CC5)[C@H](C)C(C)=O)cc4O3)cc2CN2[C@@H](C)CCC[C@@H]2C)c(F)cn1. The van der Waals surface area contributed by atoms with E-state index in [1.54, 1.807) is 20.1 Å². The molecule has 2 aromatic carbocycles. The largest absolute Gasteiger partial charge is 0.485 e. The van der Waals surface area contributed by atoms with E-state index in [2.05, 4.69) is 67.1 Å². The van der Waals surface area contributed by atoms with Crippen LogP contribution >= 0.6 is 0 Å². The van der Waals surface area contributed by atoms with Crippen LogP contribution < -0.4 is 9.47 Å². The molecule has 2 fully saturated rings. The highest BCUT2D eigenvalue weighted by Crippen LogP contribution is 2.48. The number of ether oxygens (including phenoxy) is 2. The first-order valence-electron chi connectivity index (χ1n) is 16.1. The summed E-state index contributed by atoms with van der Waals surface area (Å²) in [5.41, 5.74) is 6.04. The van der Waals surface area contributed by atoms with Crippen LogP contribution in [-0.2, 0) is 17.8 Å². The summed E-state index contributed by atoms with van der Waals surface area (Å²) < 4.78 is 27.3. The van der Waals surface area contributed by atoms with Crippen molar-refractivity contribution in [2.75, 3.05) is 7.11 Å². The standard InChI is InChI=1S/C37H45FN2O3/c1-22-7-6-8-23(2)40(22)21-30-17-28(13-15-31(30)32-19-36(42-5)39-20-33(32)38)34-16-14-26-9-12-29(18-35(26)43-34)37(27-10-11-27)24(3)25(4)41/h9,12-13,15,17-20,22-24,27,34,37H,6-8,10-11,14,16,21H2,1-5H3/t22-,23-,24+,34?,37-/m0/s1. The number of carbonyl (C=O) groups is 1. The molecule has 5 atom stereocenters. The van der Waals surface area contributed by atoms with Crippen molar-refractivity contribution in [3.05, 3.63) is 76.7 Å². The normalized spacial score (nSPS) is 23.6. The molecule has 3 aliphatic rings. The van der Waals surface area contributed by atoms with Crippen LogP contribution in [0.4, 0.5) is 4.39 Å². The second-order valence-electron chi connectivity index (χ2n) is 13.2. The summed E-state index contributed by atoms with van der Waals surface area (Å²) in [6.07, 6.45) is 8.95. The molecule has 1 unspecified atom stereocenters. The summed E-state index contributed by atoms with van der Waals surface area (Å²) in [4.78, 5) is 19.0. The van der Waals surface area contributed by atoms with Gasteiger partial charge in [-0.1, -0.05) is 43.7 Å². The first kappa shape index (κ1) is 29.8. The highest BCUT2D eigenvalue weighted by molar-refractivity contribution is 5.79. The minimum absolute atomic E-state index is 0.00631. The number of carbonyl (C=O) groups excluding carboxylic acids is 1. The van der Waals surface area contributed by atoms with Crippen LogP contribution in [0.5, 0.6) is 11.6 Å². The third kappa shape index (κ3) is 6.22. The number of aromatic nitrogens is 1. The highest BCUT2D eigenvalue weighted by atomic mass is 19.1. The number of nitrogens with zero attached hydrogens (tertiary/aromatic N) is 2. The molecule has 6 heteroatoms. The number of aryl methyl sites for hydroxylation is 1. The molecule has 1 saturated carbocycles. The second-order valence-corrected chi connectivity index (χ2v) is 13.2. The Balaban J connectivity index is 1.34. The zero-order valence-corrected chi connectivity index (χ0v) is 26.2. The molecule has 1 saturated heterocycles. The van der Waals surface area contributed by atoms with Crippen molar-refractivity contribution < 1.29 is 18.7 Å². The quantitative estimate of drug-likeness (QED) is 0.253. The number of likely N-dealkylation sites (tertiary alicyclic amines) is 1. The van der Waals surface area contributed by atoms with Crippen molar-refractivity contribution in [1.82, 2.24) is 9.88 Å². The van der Waals surface area contributed by atoms with Crippen LogP contribution in [-0.4, -0.2) is 34.9 Å². The monoisotopic (exact) mass is 584 g/mol. The lowest BCUT2D eigenvalue weighted by Crippen LogP contribution is -2.43. The molecule has 43 heavy (non-hydrogen) atoms. The van der Waals surface area contributed by atoms with Crippen molar-refractivity contribution in [2.45, 2.75) is 103 Å². The molecular formula is C37H45FN2O3. The van der Waals surface area contributed by atoms with Gasteiger partial charge in [-0.2, -0.15) is 0 Å². The number of halogens is 1. The van der Waals surface area contributed by atoms with E-state index in [9.17, 15) is 4.79 Å². The van der Waals surface area contributed by atoms with E-state index in [-0.39, 0.29) is 29.5 Å². The molecule has 0 spiro atoms. The van der Waals surface area contributed by atoms with Gasteiger partial charge in [0, 0.05) is 36.2 Å².